The molecule has 2 aromatic heterocycles. The Kier molecular flexibility index (Phi) is 2.78. The largest absolute Gasteiger partial charge is 0.398 e. The molecule has 2 aromatic rings. The Morgan fingerprint density at radius 1 is 1.50 bits per heavy atom. The molecule has 84 valence electrons. The monoisotopic (exact) mass is 283 g/mol. The SMILES string of the molecule is Cn1cc(Cn2cc(N)cc(Br)c2=O)nn1. The highest BCUT2D eigenvalue weighted by Crippen LogP contribution is 2.08. The summed E-state index contributed by atoms with van der Waals surface area (Å²) < 4.78 is 3.52. The molecule has 0 atom stereocenters. The second kappa shape index (κ2) is 4.09. The van der Waals surface area contributed by atoms with Crippen molar-refractivity contribution in [2.24, 2.45) is 7.05 Å². The summed E-state index contributed by atoms with van der Waals surface area (Å²) in [7, 11) is 1.77. The summed E-state index contributed by atoms with van der Waals surface area (Å²) in [4.78, 5) is 11.7. The van der Waals surface area contributed by atoms with Gasteiger partial charge in [0.25, 0.3) is 5.56 Å². The Hall–Kier alpha value is -1.63. The molecule has 0 saturated carbocycles. The molecule has 2 rings (SSSR count). The van der Waals surface area contributed by atoms with Gasteiger partial charge in [0.1, 0.15) is 5.69 Å². The van der Waals surface area contributed by atoms with Crippen LogP contribution in [-0.2, 0) is 13.6 Å². The molecule has 0 saturated heterocycles. The number of aromatic nitrogens is 4. The van der Waals surface area contributed by atoms with E-state index < -0.39 is 0 Å². The van der Waals surface area contributed by atoms with Gasteiger partial charge >= 0.3 is 0 Å². The first kappa shape index (κ1) is 10.9. The van der Waals surface area contributed by atoms with E-state index in [9.17, 15) is 4.79 Å². The van der Waals surface area contributed by atoms with Crippen LogP contribution in [0.5, 0.6) is 0 Å². The fourth-order valence-corrected chi connectivity index (χ4v) is 1.87. The highest BCUT2D eigenvalue weighted by Gasteiger charge is 2.05. The molecule has 0 radical (unpaired) electrons. The number of nitrogens with zero attached hydrogens (tertiary/aromatic N) is 4. The molecule has 0 amide bonds. The Bertz CT molecular complexity index is 574. The summed E-state index contributed by atoms with van der Waals surface area (Å²) in [5, 5.41) is 7.70. The van der Waals surface area contributed by atoms with Gasteiger partial charge in [0, 0.05) is 25.1 Å². The Morgan fingerprint density at radius 2 is 2.25 bits per heavy atom. The summed E-state index contributed by atoms with van der Waals surface area (Å²) in [6.45, 7) is 0.357. The van der Waals surface area contributed by atoms with Crippen molar-refractivity contribution in [1.82, 2.24) is 19.6 Å². The molecule has 0 fully saturated rings. The Balaban J connectivity index is 2.38. The van der Waals surface area contributed by atoms with Gasteiger partial charge in [-0.3, -0.25) is 9.48 Å². The van der Waals surface area contributed by atoms with Crippen molar-refractivity contribution in [2.45, 2.75) is 6.54 Å². The maximum atomic E-state index is 11.7. The van der Waals surface area contributed by atoms with E-state index in [2.05, 4.69) is 26.2 Å². The van der Waals surface area contributed by atoms with Crippen molar-refractivity contribution in [2.75, 3.05) is 5.73 Å². The molecule has 0 spiro atoms. The van der Waals surface area contributed by atoms with Gasteiger partial charge in [-0.15, -0.1) is 5.10 Å². The number of anilines is 1. The molecular weight excluding hydrogens is 274 g/mol. The molecule has 0 unspecified atom stereocenters. The summed E-state index contributed by atoms with van der Waals surface area (Å²) in [6, 6.07) is 1.58. The van der Waals surface area contributed by atoms with Gasteiger partial charge in [-0.1, -0.05) is 5.21 Å². The molecule has 16 heavy (non-hydrogen) atoms. The first-order valence-corrected chi connectivity index (χ1v) is 5.36. The van der Waals surface area contributed by atoms with Crippen LogP contribution in [0, 0.1) is 0 Å². The van der Waals surface area contributed by atoms with E-state index in [4.69, 9.17) is 5.73 Å². The van der Waals surface area contributed by atoms with Crippen LogP contribution in [-0.4, -0.2) is 19.6 Å². The van der Waals surface area contributed by atoms with Crippen LogP contribution in [0.3, 0.4) is 0 Å². The average Bonchev–Trinajstić information content (AvgIpc) is 2.60. The van der Waals surface area contributed by atoms with E-state index in [0.717, 1.165) is 0 Å². The van der Waals surface area contributed by atoms with Crippen LogP contribution < -0.4 is 11.3 Å². The summed E-state index contributed by atoms with van der Waals surface area (Å²) in [6.07, 6.45) is 3.34. The highest BCUT2D eigenvalue weighted by molar-refractivity contribution is 9.10. The van der Waals surface area contributed by atoms with Crippen LogP contribution in [0.1, 0.15) is 5.69 Å². The number of hydrogen-bond acceptors (Lipinski definition) is 4. The summed E-state index contributed by atoms with van der Waals surface area (Å²) in [5.74, 6) is 0. The molecule has 2 N–H and O–H groups in total. The fourth-order valence-electron chi connectivity index (χ4n) is 1.38. The third-order valence-electron chi connectivity index (χ3n) is 2.05. The van der Waals surface area contributed by atoms with E-state index >= 15 is 0 Å². The van der Waals surface area contributed by atoms with Crippen molar-refractivity contribution >= 4 is 21.6 Å². The Morgan fingerprint density at radius 3 is 2.88 bits per heavy atom. The smallest absolute Gasteiger partial charge is 0.265 e. The van der Waals surface area contributed by atoms with Gasteiger partial charge in [0.15, 0.2) is 0 Å². The van der Waals surface area contributed by atoms with Crippen molar-refractivity contribution in [3.8, 4) is 0 Å². The summed E-state index contributed by atoms with van der Waals surface area (Å²) in [5.41, 5.74) is 6.75. The van der Waals surface area contributed by atoms with E-state index in [1.807, 2.05) is 0 Å². The van der Waals surface area contributed by atoms with E-state index in [-0.39, 0.29) is 5.56 Å². The predicted octanol–water partition coefficient (Wildman–Crippen LogP) is 0.370. The normalized spacial score (nSPS) is 10.6. The minimum Gasteiger partial charge on any atom is -0.398 e. The van der Waals surface area contributed by atoms with Gasteiger partial charge in [-0.05, 0) is 22.0 Å². The zero-order chi connectivity index (χ0) is 11.7. The first-order chi connectivity index (χ1) is 7.56. The zero-order valence-corrected chi connectivity index (χ0v) is 10.2. The number of nitrogens with two attached hydrogens (primary N) is 1. The van der Waals surface area contributed by atoms with Gasteiger partial charge in [0.05, 0.1) is 11.0 Å². The molecule has 0 aliphatic rings. The van der Waals surface area contributed by atoms with Crippen molar-refractivity contribution in [3.05, 3.63) is 39.0 Å². The lowest BCUT2D eigenvalue weighted by Crippen LogP contribution is -2.21. The van der Waals surface area contributed by atoms with Gasteiger partial charge < -0.3 is 10.3 Å². The average molecular weight is 284 g/mol. The predicted molar refractivity (Wildman–Crippen MR) is 62.9 cm³/mol. The van der Waals surface area contributed by atoms with Crippen LogP contribution >= 0.6 is 15.9 Å². The number of pyridine rings is 1. The third kappa shape index (κ3) is 2.13. The first-order valence-electron chi connectivity index (χ1n) is 4.57. The number of aryl methyl sites for hydroxylation is 1. The van der Waals surface area contributed by atoms with Crippen LogP contribution in [0.4, 0.5) is 5.69 Å². The quantitative estimate of drug-likeness (QED) is 0.864. The van der Waals surface area contributed by atoms with Gasteiger partial charge in [-0.25, -0.2) is 0 Å². The fraction of sp³-hybridized carbons (Fsp3) is 0.222. The second-order valence-electron chi connectivity index (χ2n) is 3.44. The molecule has 6 nitrogen and oxygen atoms in total. The minimum absolute atomic E-state index is 0.139. The molecular formula is C9H10BrN5O. The third-order valence-corrected chi connectivity index (χ3v) is 2.61. The molecule has 0 bridgehead atoms. The van der Waals surface area contributed by atoms with Crippen molar-refractivity contribution in [1.29, 1.82) is 0 Å². The van der Waals surface area contributed by atoms with E-state index in [1.54, 1.807) is 30.2 Å². The highest BCUT2D eigenvalue weighted by atomic mass is 79.9. The van der Waals surface area contributed by atoms with Crippen molar-refractivity contribution in [3.63, 3.8) is 0 Å². The Labute approximate surface area is 99.8 Å². The maximum absolute atomic E-state index is 11.7. The molecule has 0 aliphatic carbocycles. The lowest BCUT2D eigenvalue weighted by atomic mass is 10.4. The summed E-state index contributed by atoms with van der Waals surface area (Å²) >= 11 is 3.16. The lowest BCUT2D eigenvalue weighted by molar-refractivity contribution is 0.705. The lowest BCUT2D eigenvalue weighted by Gasteiger charge is -2.04. The molecule has 0 aromatic carbocycles. The van der Waals surface area contributed by atoms with Crippen LogP contribution in [0.25, 0.3) is 0 Å². The van der Waals surface area contributed by atoms with E-state index in [0.29, 0.717) is 22.4 Å². The second-order valence-corrected chi connectivity index (χ2v) is 4.29. The van der Waals surface area contributed by atoms with Crippen LogP contribution in [0.2, 0.25) is 0 Å². The molecule has 7 heteroatoms. The maximum Gasteiger partial charge on any atom is 0.265 e. The molecule has 2 heterocycles. The van der Waals surface area contributed by atoms with Crippen LogP contribution in [0.15, 0.2) is 27.7 Å². The van der Waals surface area contributed by atoms with E-state index in [1.165, 1.54) is 4.57 Å². The minimum atomic E-state index is -0.139. The number of halogens is 1. The number of nitrogen functional groups attached to an aromatic ring is 1. The topological polar surface area (TPSA) is 78.7 Å². The zero-order valence-electron chi connectivity index (χ0n) is 8.59. The van der Waals surface area contributed by atoms with Crippen molar-refractivity contribution < 1.29 is 0 Å². The number of hydrogen-bond donors (Lipinski definition) is 1. The molecule has 0 aliphatic heterocycles. The van der Waals surface area contributed by atoms with Gasteiger partial charge in [-0.2, -0.15) is 0 Å². The number of rotatable bonds is 2. The standard InChI is InChI=1S/C9H10BrN5O/c1-14-4-7(12-13-14)5-15-3-6(11)2-8(10)9(15)16/h2-4H,5,11H2,1H3. The van der Waals surface area contributed by atoms with Gasteiger partial charge in [0.2, 0.25) is 0 Å².